The molecule has 0 spiro atoms. The zero-order valence-electron chi connectivity index (χ0n) is 22.9. The first-order chi connectivity index (χ1) is 19.4. The van der Waals surface area contributed by atoms with Crippen LogP contribution < -0.4 is 21.6 Å². The number of hydrogen-bond acceptors (Lipinski definition) is 7. The van der Waals surface area contributed by atoms with Crippen molar-refractivity contribution in [3.05, 3.63) is 106 Å². The minimum atomic E-state index is -0.559. The van der Waals surface area contributed by atoms with Gasteiger partial charge in [0.15, 0.2) is 0 Å². The molecule has 0 fully saturated rings. The van der Waals surface area contributed by atoms with Gasteiger partial charge in [-0.3, -0.25) is 9.99 Å². The number of halogens is 4. The number of nitrogens with one attached hydrogen (secondary N) is 4. The van der Waals surface area contributed by atoms with Crippen LogP contribution in [-0.2, 0) is 0 Å². The second-order valence-corrected chi connectivity index (χ2v) is 11.1. The van der Waals surface area contributed by atoms with Gasteiger partial charge in [-0.1, -0.05) is 41.9 Å². The molecule has 3 aromatic rings. The zero-order valence-corrected chi connectivity index (χ0v) is 24.4. The van der Waals surface area contributed by atoms with Gasteiger partial charge in [0.05, 0.1) is 38.6 Å². The molecule has 0 saturated heterocycles. The smallest absolute Gasteiger partial charge is 0.141 e. The summed E-state index contributed by atoms with van der Waals surface area (Å²) in [7, 11) is 0. The molecule has 7 nitrogen and oxygen atoms in total. The zero-order chi connectivity index (χ0) is 29.9. The maximum absolute atomic E-state index is 13.9. The number of aromatic nitrogens is 1. The Morgan fingerprint density at radius 2 is 1.90 bits per heavy atom. The summed E-state index contributed by atoms with van der Waals surface area (Å²) in [6.07, 6.45) is 7.62. The molecule has 0 bridgehead atoms. The topological polar surface area (TPSA) is 88.0 Å². The van der Waals surface area contributed by atoms with E-state index in [9.17, 15) is 14.0 Å². The summed E-state index contributed by atoms with van der Waals surface area (Å²) >= 11 is 12.7. The first kappa shape index (κ1) is 29.9. The Morgan fingerprint density at radius 3 is 2.54 bits per heavy atom. The fourth-order valence-corrected chi connectivity index (χ4v) is 4.48. The fourth-order valence-electron chi connectivity index (χ4n) is 4.03. The maximum atomic E-state index is 13.9. The van der Waals surface area contributed by atoms with Crippen LogP contribution >= 0.6 is 23.2 Å². The van der Waals surface area contributed by atoms with E-state index >= 15 is 0 Å². The van der Waals surface area contributed by atoms with E-state index in [0.717, 1.165) is 5.70 Å². The van der Waals surface area contributed by atoms with Gasteiger partial charge < -0.3 is 16.1 Å². The SMILES string of the molecule is C=C(/C=C\C(F)=C/C)[C@H](Nc1cc(Cl)c2ncc(C#N)c(Nc3ccc(F)c(Cl)c3)c2c1)C1=CN(C(C)(C)C)NN1. The van der Waals surface area contributed by atoms with Crippen molar-refractivity contribution in [2.24, 2.45) is 0 Å². The van der Waals surface area contributed by atoms with E-state index in [1.807, 2.05) is 32.0 Å². The summed E-state index contributed by atoms with van der Waals surface area (Å²) in [5, 5.41) is 19.1. The molecule has 0 unspecified atom stereocenters. The Kier molecular flexibility index (Phi) is 8.88. The molecule has 0 radical (unpaired) electrons. The van der Waals surface area contributed by atoms with Gasteiger partial charge in [0.2, 0.25) is 0 Å². The number of fused-ring (bicyclic) bond motifs is 1. The predicted octanol–water partition coefficient (Wildman–Crippen LogP) is 8.03. The summed E-state index contributed by atoms with van der Waals surface area (Å²) in [6.45, 7) is 11.9. The Bertz CT molecular complexity index is 1630. The molecule has 212 valence electrons. The Morgan fingerprint density at radius 1 is 1.17 bits per heavy atom. The molecular formula is C30H29Cl2F2N7. The van der Waals surface area contributed by atoms with E-state index < -0.39 is 17.7 Å². The molecule has 2 heterocycles. The van der Waals surface area contributed by atoms with Crippen LogP contribution in [0, 0.1) is 17.1 Å². The molecule has 0 aliphatic carbocycles. The van der Waals surface area contributed by atoms with Gasteiger partial charge in [0.25, 0.3) is 0 Å². The lowest BCUT2D eigenvalue weighted by atomic mass is 10.0. The van der Waals surface area contributed by atoms with Crippen LogP contribution in [0.2, 0.25) is 10.0 Å². The van der Waals surface area contributed by atoms with Gasteiger partial charge in [0, 0.05) is 34.7 Å². The van der Waals surface area contributed by atoms with Crippen molar-refractivity contribution in [3.63, 3.8) is 0 Å². The highest BCUT2D eigenvalue weighted by Crippen LogP contribution is 2.36. The average molecular weight is 597 g/mol. The number of hydrazine groups is 2. The van der Waals surface area contributed by atoms with Crippen LogP contribution in [0.3, 0.4) is 0 Å². The number of anilines is 3. The molecule has 0 saturated carbocycles. The standard InChI is InChI=1S/C30H29Cl2F2N7/c1-6-19(33)8-7-17(2)27(26-16-41(40-39-26)30(3,4)5)38-21-11-22-28(37-20-9-10-25(34)23(31)12-20)18(14-35)15-36-29(22)24(32)13-21/h6-13,15-16,27,38-40H,2H2,1,3-5H3,(H,36,37)/b8-7-,19-6+/t27-/m0/s1. The number of benzene rings is 2. The third-order valence-corrected chi connectivity index (χ3v) is 6.85. The van der Waals surface area contributed by atoms with Crippen LogP contribution in [0.4, 0.5) is 25.8 Å². The molecule has 1 aliphatic heterocycles. The lowest BCUT2D eigenvalue weighted by molar-refractivity contribution is 0.138. The first-order valence-corrected chi connectivity index (χ1v) is 13.4. The van der Waals surface area contributed by atoms with Crippen LogP contribution in [-0.4, -0.2) is 21.6 Å². The monoisotopic (exact) mass is 595 g/mol. The van der Waals surface area contributed by atoms with E-state index in [1.165, 1.54) is 36.5 Å². The van der Waals surface area contributed by atoms with Crippen molar-refractivity contribution < 1.29 is 8.78 Å². The molecule has 1 atom stereocenters. The molecular weight excluding hydrogens is 567 g/mol. The number of pyridine rings is 1. The largest absolute Gasteiger partial charge is 0.373 e. The van der Waals surface area contributed by atoms with Gasteiger partial charge >= 0.3 is 0 Å². The van der Waals surface area contributed by atoms with Crippen molar-refractivity contribution in [3.8, 4) is 6.07 Å². The summed E-state index contributed by atoms with van der Waals surface area (Å²) in [5.41, 5.74) is 9.55. The minimum Gasteiger partial charge on any atom is -0.373 e. The number of nitrogens with zero attached hydrogens (tertiary/aromatic N) is 3. The molecule has 4 N–H and O–H groups in total. The third-order valence-electron chi connectivity index (χ3n) is 6.27. The Balaban J connectivity index is 1.79. The van der Waals surface area contributed by atoms with Crippen LogP contribution in [0.25, 0.3) is 10.9 Å². The van der Waals surface area contributed by atoms with Crippen LogP contribution in [0.1, 0.15) is 33.3 Å². The highest BCUT2D eigenvalue weighted by Gasteiger charge is 2.28. The molecule has 41 heavy (non-hydrogen) atoms. The Hall–Kier alpha value is -4.10. The predicted molar refractivity (Wildman–Crippen MR) is 163 cm³/mol. The van der Waals surface area contributed by atoms with Crippen molar-refractivity contribution in [2.45, 2.75) is 39.3 Å². The highest BCUT2D eigenvalue weighted by atomic mass is 35.5. The van der Waals surface area contributed by atoms with Gasteiger partial charge in [-0.25, -0.2) is 8.78 Å². The molecule has 1 aliphatic rings. The normalized spacial score (nSPS) is 14.6. The van der Waals surface area contributed by atoms with E-state index in [-0.39, 0.29) is 16.1 Å². The highest BCUT2D eigenvalue weighted by molar-refractivity contribution is 6.36. The minimum absolute atomic E-state index is 0.0636. The lowest BCUT2D eigenvalue weighted by Crippen LogP contribution is -2.48. The van der Waals surface area contributed by atoms with Gasteiger partial charge in [-0.2, -0.15) is 5.26 Å². The maximum Gasteiger partial charge on any atom is 0.141 e. The van der Waals surface area contributed by atoms with Crippen LogP contribution in [0.5, 0.6) is 0 Å². The quantitative estimate of drug-likeness (QED) is 0.196. The summed E-state index contributed by atoms with van der Waals surface area (Å²) in [4.78, 5) is 4.39. The van der Waals surface area contributed by atoms with Crippen LogP contribution in [0.15, 0.2) is 84.6 Å². The fraction of sp³-hybridized carbons (Fsp3) is 0.200. The van der Waals surface area contributed by atoms with E-state index in [1.54, 1.807) is 25.1 Å². The third kappa shape index (κ3) is 6.80. The van der Waals surface area contributed by atoms with Crippen molar-refractivity contribution >= 4 is 51.2 Å². The second-order valence-electron chi connectivity index (χ2n) is 10.3. The molecule has 1 aromatic heterocycles. The van der Waals surface area contributed by atoms with Crippen molar-refractivity contribution in [1.29, 1.82) is 5.26 Å². The van der Waals surface area contributed by atoms with Gasteiger partial charge in [-0.15, -0.1) is 5.53 Å². The van der Waals surface area contributed by atoms with Gasteiger partial charge in [-0.05, 0) is 69.7 Å². The number of rotatable bonds is 8. The molecule has 4 rings (SSSR count). The number of allylic oxidation sites excluding steroid dienone is 3. The molecule has 2 aromatic carbocycles. The Labute approximate surface area is 247 Å². The summed E-state index contributed by atoms with van der Waals surface area (Å²) < 4.78 is 27.7. The second kappa shape index (κ2) is 12.2. The number of hydrogen-bond donors (Lipinski definition) is 4. The van der Waals surface area contributed by atoms with Crippen molar-refractivity contribution in [1.82, 2.24) is 21.0 Å². The summed E-state index contributed by atoms with van der Waals surface area (Å²) in [6, 6.07) is 9.29. The molecule has 11 heteroatoms. The number of nitriles is 1. The van der Waals surface area contributed by atoms with E-state index in [4.69, 9.17) is 23.2 Å². The van der Waals surface area contributed by atoms with E-state index in [0.29, 0.717) is 38.6 Å². The van der Waals surface area contributed by atoms with E-state index in [2.05, 4.69) is 39.2 Å². The lowest BCUT2D eigenvalue weighted by Gasteiger charge is -2.30. The van der Waals surface area contributed by atoms with Crippen molar-refractivity contribution in [2.75, 3.05) is 10.6 Å². The first-order valence-electron chi connectivity index (χ1n) is 12.6. The average Bonchev–Trinajstić information content (AvgIpc) is 3.43. The van der Waals surface area contributed by atoms with Gasteiger partial charge in [0.1, 0.15) is 17.7 Å². The summed E-state index contributed by atoms with van der Waals surface area (Å²) in [5.74, 6) is -0.955. The molecule has 0 amide bonds.